The van der Waals surface area contributed by atoms with Crippen LogP contribution in [0.2, 0.25) is 0 Å². The molecule has 0 aromatic heterocycles. The van der Waals surface area contributed by atoms with Crippen LogP contribution in [0.25, 0.3) is 0 Å². The summed E-state index contributed by atoms with van der Waals surface area (Å²) >= 11 is 0. The molecule has 0 unspecified atom stereocenters. The quantitative estimate of drug-likeness (QED) is 0.548. The fraction of sp³-hybridized carbons (Fsp3) is 0.500. The first-order valence-corrected chi connectivity index (χ1v) is 2.45. The van der Waals surface area contributed by atoms with Gasteiger partial charge in [0.15, 0.2) is 0 Å². The SMILES string of the molecule is C=C(CO)CCC#N. The molecule has 0 atom stereocenters. The van der Waals surface area contributed by atoms with Crippen LogP contribution in [0.5, 0.6) is 0 Å². The van der Waals surface area contributed by atoms with Gasteiger partial charge in [-0.3, -0.25) is 0 Å². The summed E-state index contributed by atoms with van der Waals surface area (Å²) in [6.45, 7) is 3.51. The third-order valence-electron chi connectivity index (χ3n) is 0.814. The van der Waals surface area contributed by atoms with Gasteiger partial charge >= 0.3 is 0 Å². The standard InChI is InChI=1S/C6H9NO/c1-6(5-8)3-2-4-7/h8H,1-3,5H2. The molecule has 0 heterocycles. The van der Waals surface area contributed by atoms with E-state index in [1.807, 2.05) is 6.07 Å². The highest BCUT2D eigenvalue weighted by Crippen LogP contribution is 1.97. The van der Waals surface area contributed by atoms with Crippen molar-refractivity contribution in [3.8, 4) is 6.07 Å². The van der Waals surface area contributed by atoms with Gasteiger partial charge in [-0.2, -0.15) is 5.26 Å². The molecular formula is C6H9NO. The van der Waals surface area contributed by atoms with E-state index in [4.69, 9.17) is 10.4 Å². The van der Waals surface area contributed by atoms with Crippen molar-refractivity contribution in [2.45, 2.75) is 12.8 Å². The van der Waals surface area contributed by atoms with Crippen molar-refractivity contribution in [3.05, 3.63) is 12.2 Å². The van der Waals surface area contributed by atoms with E-state index in [2.05, 4.69) is 6.58 Å². The van der Waals surface area contributed by atoms with E-state index in [0.717, 1.165) is 5.57 Å². The van der Waals surface area contributed by atoms with Crippen LogP contribution in [0.15, 0.2) is 12.2 Å². The Morgan fingerprint density at radius 2 is 2.38 bits per heavy atom. The second-order valence-electron chi connectivity index (χ2n) is 1.57. The Morgan fingerprint density at radius 1 is 1.75 bits per heavy atom. The largest absolute Gasteiger partial charge is 0.392 e. The minimum Gasteiger partial charge on any atom is -0.392 e. The maximum absolute atomic E-state index is 8.35. The van der Waals surface area contributed by atoms with E-state index >= 15 is 0 Å². The maximum atomic E-state index is 8.35. The molecule has 2 nitrogen and oxygen atoms in total. The molecule has 0 fully saturated rings. The van der Waals surface area contributed by atoms with Crippen LogP contribution < -0.4 is 0 Å². The van der Waals surface area contributed by atoms with Crippen molar-refractivity contribution in [1.29, 1.82) is 5.26 Å². The van der Waals surface area contributed by atoms with Gasteiger partial charge in [0.25, 0.3) is 0 Å². The van der Waals surface area contributed by atoms with Crippen LogP contribution in [0.4, 0.5) is 0 Å². The van der Waals surface area contributed by atoms with Crippen molar-refractivity contribution in [1.82, 2.24) is 0 Å². The molecule has 1 N–H and O–H groups in total. The fourth-order valence-electron chi connectivity index (χ4n) is 0.312. The topological polar surface area (TPSA) is 44.0 Å². The van der Waals surface area contributed by atoms with Gasteiger partial charge in [0.05, 0.1) is 12.7 Å². The molecule has 0 aliphatic rings. The molecule has 44 valence electrons. The highest BCUT2D eigenvalue weighted by Gasteiger charge is 1.87. The molecule has 0 rings (SSSR count). The van der Waals surface area contributed by atoms with E-state index in [1.54, 1.807) is 0 Å². The third-order valence-corrected chi connectivity index (χ3v) is 0.814. The lowest BCUT2D eigenvalue weighted by atomic mass is 10.2. The van der Waals surface area contributed by atoms with Crippen LogP contribution in [0, 0.1) is 11.3 Å². The normalized spacial score (nSPS) is 8.00. The molecule has 0 aromatic rings. The molecule has 0 spiro atoms. The van der Waals surface area contributed by atoms with Gasteiger partial charge in [-0.1, -0.05) is 12.2 Å². The minimum atomic E-state index is 0.00167. The Kier molecular flexibility index (Phi) is 3.91. The van der Waals surface area contributed by atoms with Gasteiger partial charge in [-0.15, -0.1) is 0 Å². The summed E-state index contributed by atoms with van der Waals surface area (Å²) in [6.07, 6.45) is 1.08. The van der Waals surface area contributed by atoms with Gasteiger partial charge in [-0.25, -0.2) is 0 Å². The average Bonchev–Trinajstić information content (AvgIpc) is 1.83. The van der Waals surface area contributed by atoms with Gasteiger partial charge in [-0.05, 0) is 6.42 Å². The van der Waals surface area contributed by atoms with Gasteiger partial charge in [0, 0.05) is 6.42 Å². The van der Waals surface area contributed by atoms with E-state index in [0.29, 0.717) is 12.8 Å². The summed E-state index contributed by atoms with van der Waals surface area (Å²) in [5.74, 6) is 0. The van der Waals surface area contributed by atoms with Crippen molar-refractivity contribution >= 4 is 0 Å². The van der Waals surface area contributed by atoms with E-state index in [1.165, 1.54) is 0 Å². The highest BCUT2D eigenvalue weighted by molar-refractivity contribution is 4.95. The van der Waals surface area contributed by atoms with E-state index in [-0.39, 0.29) is 6.61 Å². The molecule has 0 saturated heterocycles. The Hall–Kier alpha value is -0.810. The third kappa shape index (κ3) is 3.38. The van der Waals surface area contributed by atoms with Gasteiger partial charge in [0.1, 0.15) is 0 Å². The van der Waals surface area contributed by atoms with Gasteiger partial charge in [0.2, 0.25) is 0 Å². The molecule has 0 amide bonds. The second-order valence-corrected chi connectivity index (χ2v) is 1.57. The molecule has 0 bridgehead atoms. The number of nitrogens with zero attached hydrogens (tertiary/aromatic N) is 1. The Labute approximate surface area is 49.1 Å². The number of aliphatic hydroxyl groups is 1. The lowest BCUT2D eigenvalue weighted by molar-refractivity contribution is 0.327. The fourth-order valence-corrected chi connectivity index (χ4v) is 0.312. The molecule has 0 aromatic carbocycles. The van der Waals surface area contributed by atoms with Crippen molar-refractivity contribution < 1.29 is 5.11 Å². The maximum Gasteiger partial charge on any atom is 0.0639 e. The van der Waals surface area contributed by atoms with Crippen molar-refractivity contribution in [3.63, 3.8) is 0 Å². The van der Waals surface area contributed by atoms with Crippen LogP contribution in [0.1, 0.15) is 12.8 Å². The Morgan fingerprint density at radius 3 is 2.75 bits per heavy atom. The number of hydrogen-bond donors (Lipinski definition) is 1. The molecule has 0 saturated carbocycles. The Balaban J connectivity index is 3.15. The van der Waals surface area contributed by atoms with Crippen molar-refractivity contribution in [2.75, 3.05) is 6.61 Å². The number of hydrogen-bond acceptors (Lipinski definition) is 2. The monoisotopic (exact) mass is 111 g/mol. The van der Waals surface area contributed by atoms with Crippen LogP contribution >= 0.6 is 0 Å². The lowest BCUT2D eigenvalue weighted by Crippen LogP contribution is -1.86. The summed E-state index contributed by atoms with van der Waals surface area (Å²) in [5, 5.41) is 16.4. The second kappa shape index (κ2) is 4.35. The van der Waals surface area contributed by atoms with Crippen molar-refractivity contribution in [2.24, 2.45) is 0 Å². The summed E-state index contributed by atoms with van der Waals surface area (Å²) in [4.78, 5) is 0. The molecule has 0 aliphatic carbocycles. The first-order chi connectivity index (χ1) is 3.81. The zero-order chi connectivity index (χ0) is 6.41. The molecule has 2 heteroatoms. The van der Waals surface area contributed by atoms with E-state index < -0.39 is 0 Å². The zero-order valence-electron chi connectivity index (χ0n) is 4.72. The first kappa shape index (κ1) is 7.19. The Bertz CT molecular complexity index is 112. The predicted molar refractivity (Wildman–Crippen MR) is 31.1 cm³/mol. The lowest BCUT2D eigenvalue weighted by Gasteiger charge is -1.92. The van der Waals surface area contributed by atoms with Crippen LogP contribution in [0.3, 0.4) is 0 Å². The molecule has 0 radical (unpaired) electrons. The summed E-state index contributed by atoms with van der Waals surface area (Å²) in [7, 11) is 0. The number of rotatable bonds is 3. The summed E-state index contributed by atoms with van der Waals surface area (Å²) < 4.78 is 0. The van der Waals surface area contributed by atoms with Crippen LogP contribution in [-0.4, -0.2) is 11.7 Å². The van der Waals surface area contributed by atoms with E-state index in [9.17, 15) is 0 Å². The summed E-state index contributed by atoms with van der Waals surface area (Å²) in [5.41, 5.74) is 0.728. The van der Waals surface area contributed by atoms with Crippen LogP contribution in [-0.2, 0) is 0 Å². The molecule has 8 heavy (non-hydrogen) atoms. The highest BCUT2D eigenvalue weighted by atomic mass is 16.3. The number of aliphatic hydroxyl groups excluding tert-OH is 1. The van der Waals surface area contributed by atoms with Gasteiger partial charge < -0.3 is 5.11 Å². The minimum absolute atomic E-state index is 0.00167. The number of nitriles is 1. The molecule has 0 aliphatic heterocycles. The predicted octanol–water partition coefficient (Wildman–Crippen LogP) is 0.839. The first-order valence-electron chi connectivity index (χ1n) is 2.45. The summed E-state index contributed by atoms with van der Waals surface area (Å²) in [6, 6.07) is 1.96. The zero-order valence-corrected chi connectivity index (χ0v) is 4.72. The molecular weight excluding hydrogens is 102 g/mol. The average molecular weight is 111 g/mol. The smallest absolute Gasteiger partial charge is 0.0639 e.